The maximum atomic E-state index is 12.1. The van der Waals surface area contributed by atoms with Crippen molar-refractivity contribution in [1.82, 2.24) is 10.1 Å². The minimum Gasteiger partial charge on any atom is -0.351 e. The molecule has 0 saturated carbocycles. The van der Waals surface area contributed by atoms with Gasteiger partial charge in [-0.3, -0.25) is 9.59 Å². The first-order valence-electron chi connectivity index (χ1n) is 7.31. The van der Waals surface area contributed by atoms with Gasteiger partial charge in [0.1, 0.15) is 0 Å². The summed E-state index contributed by atoms with van der Waals surface area (Å²) in [5.41, 5.74) is 1.59. The second-order valence-electron chi connectivity index (χ2n) is 5.29. The maximum absolute atomic E-state index is 12.1. The zero-order valence-corrected chi connectivity index (χ0v) is 12.1. The molecule has 6 nitrogen and oxygen atoms in total. The summed E-state index contributed by atoms with van der Waals surface area (Å²) in [4.78, 5) is 25.8. The van der Waals surface area contributed by atoms with Crippen LogP contribution in [0.1, 0.15) is 29.0 Å². The average Bonchev–Trinajstić information content (AvgIpc) is 3.23. The Morgan fingerprint density at radius 1 is 1.14 bits per heavy atom. The van der Waals surface area contributed by atoms with E-state index >= 15 is 0 Å². The molecule has 1 aromatic carbocycles. The molecule has 2 aromatic rings. The lowest BCUT2D eigenvalue weighted by atomic mass is 10.1. The van der Waals surface area contributed by atoms with Crippen molar-refractivity contribution in [3.8, 4) is 0 Å². The minimum absolute atomic E-state index is 0.160. The van der Waals surface area contributed by atoms with Gasteiger partial charge in [-0.2, -0.15) is 0 Å². The molecule has 0 unspecified atom stereocenters. The first-order chi connectivity index (χ1) is 10.7. The molecular weight excluding hydrogens is 282 g/mol. The quantitative estimate of drug-likeness (QED) is 0.938. The van der Waals surface area contributed by atoms with E-state index in [4.69, 9.17) is 4.52 Å². The van der Waals surface area contributed by atoms with Crippen LogP contribution in [-0.4, -0.2) is 35.0 Å². The Labute approximate surface area is 128 Å². The molecule has 22 heavy (non-hydrogen) atoms. The third-order valence-electron chi connectivity index (χ3n) is 3.69. The minimum atomic E-state index is -0.349. The lowest BCUT2D eigenvalue weighted by Crippen LogP contribution is -2.29. The fraction of sp³-hybridized carbons (Fsp3) is 0.312. The van der Waals surface area contributed by atoms with E-state index in [0.29, 0.717) is 12.1 Å². The molecule has 0 radical (unpaired) electrons. The van der Waals surface area contributed by atoms with Crippen LogP contribution in [0.3, 0.4) is 0 Å². The SMILES string of the molecule is O=C(Nc1ccc(CC(=O)N2CCCC2)cc1)c1ccno1. The van der Waals surface area contributed by atoms with Gasteiger partial charge >= 0.3 is 0 Å². The number of carbonyl (C=O) groups excluding carboxylic acids is 2. The number of anilines is 1. The molecule has 0 aliphatic carbocycles. The van der Waals surface area contributed by atoms with Gasteiger partial charge in [-0.15, -0.1) is 0 Å². The number of nitrogens with zero attached hydrogens (tertiary/aromatic N) is 2. The van der Waals surface area contributed by atoms with Gasteiger partial charge in [-0.05, 0) is 30.5 Å². The van der Waals surface area contributed by atoms with Crippen LogP contribution in [0.25, 0.3) is 0 Å². The highest BCUT2D eigenvalue weighted by atomic mass is 16.5. The Bertz CT molecular complexity index is 644. The number of aromatic nitrogens is 1. The van der Waals surface area contributed by atoms with Crippen molar-refractivity contribution in [2.24, 2.45) is 0 Å². The van der Waals surface area contributed by atoms with Gasteiger partial charge in [-0.1, -0.05) is 17.3 Å². The van der Waals surface area contributed by atoms with Crippen molar-refractivity contribution in [2.75, 3.05) is 18.4 Å². The fourth-order valence-corrected chi connectivity index (χ4v) is 2.48. The van der Waals surface area contributed by atoms with E-state index in [1.165, 1.54) is 12.3 Å². The summed E-state index contributed by atoms with van der Waals surface area (Å²) < 4.78 is 4.79. The highest BCUT2D eigenvalue weighted by Gasteiger charge is 2.18. The lowest BCUT2D eigenvalue weighted by molar-refractivity contribution is -0.129. The molecule has 114 valence electrons. The molecule has 3 rings (SSSR count). The van der Waals surface area contributed by atoms with Gasteiger partial charge < -0.3 is 14.7 Å². The number of nitrogens with one attached hydrogen (secondary N) is 1. The van der Waals surface area contributed by atoms with Gasteiger partial charge in [0, 0.05) is 24.8 Å². The molecule has 0 bridgehead atoms. The van der Waals surface area contributed by atoms with Crippen LogP contribution in [0.2, 0.25) is 0 Å². The van der Waals surface area contributed by atoms with Crippen LogP contribution in [0.4, 0.5) is 5.69 Å². The van der Waals surface area contributed by atoms with Crippen LogP contribution in [0.5, 0.6) is 0 Å². The van der Waals surface area contributed by atoms with Crippen LogP contribution in [0.15, 0.2) is 41.1 Å². The number of hydrogen-bond acceptors (Lipinski definition) is 4. The second-order valence-corrected chi connectivity index (χ2v) is 5.29. The first-order valence-corrected chi connectivity index (χ1v) is 7.31. The van der Waals surface area contributed by atoms with Crippen LogP contribution < -0.4 is 5.32 Å². The van der Waals surface area contributed by atoms with Gasteiger partial charge in [0.05, 0.1) is 12.6 Å². The van der Waals surface area contributed by atoms with Gasteiger partial charge in [0.25, 0.3) is 5.91 Å². The van der Waals surface area contributed by atoms with E-state index in [0.717, 1.165) is 31.5 Å². The molecule has 1 aromatic heterocycles. The zero-order chi connectivity index (χ0) is 15.4. The van der Waals surface area contributed by atoms with Gasteiger partial charge in [-0.25, -0.2) is 0 Å². The summed E-state index contributed by atoms with van der Waals surface area (Å²) in [6.07, 6.45) is 4.01. The predicted molar refractivity (Wildman–Crippen MR) is 80.4 cm³/mol. The highest BCUT2D eigenvalue weighted by Crippen LogP contribution is 2.14. The summed E-state index contributed by atoms with van der Waals surface area (Å²) in [5, 5.41) is 6.20. The van der Waals surface area contributed by atoms with Crippen LogP contribution in [0, 0.1) is 0 Å². The Morgan fingerprint density at radius 3 is 2.50 bits per heavy atom. The molecule has 2 amide bonds. The molecule has 1 saturated heterocycles. The van der Waals surface area contributed by atoms with Crippen molar-refractivity contribution in [2.45, 2.75) is 19.3 Å². The number of likely N-dealkylation sites (tertiary alicyclic amines) is 1. The monoisotopic (exact) mass is 299 g/mol. The fourth-order valence-electron chi connectivity index (χ4n) is 2.48. The summed E-state index contributed by atoms with van der Waals surface area (Å²) in [7, 11) is 0. The lowest BCUT2D eigenvalue weighted by Gasteiger charge is -2.15. The molecule has 0 atom stereocenters. The summed E-state index contributed by atoms with van der Waals surface area (Å²) >= 11 is 0. The standard InChI is InChI=1S/C16H17N3O3/c20-15(19-9-1-2-10-19)11-12-3-5-13(6-4-12)18-16(21)14-7-8-17-22-14/h3-8H,1-2,9-11H2,(H,18,21). The third-order valence-corrected chi connectivity index (χ3v) is 3.69. The van der Waals surface area contributed by atoms with Gasteiger partial charge in [0.15, 0.2) is 0 Å². The Morgan fingerprint density at radius 2 is 1.86 bits per heavy atom. The normalized spacial score (nSPS) is 14.1. The van der Waals surface area contributed by atoms with E-state index in [1.54, 1.807) is 12.1 Å². The number of rotatable bonds is 4. The van der Waals surface area contributed by atoms with Crippen LogP contribution >= 0.6 is 0 Å². The van der Waals surface area contributed by atoms with Crippen molar-refractivity contribution in [3.05, 3.63) is 47.9 Å². The maximum Gasteiger partial charge on any atom is 0.294 e. The molecule has 1 aliphatic rings. The summed E-state index contributed by atoms with van der Waals surface area (Å²) in [5.74, 6) is -0.0253. The van der Waals surface area contributed by atoms with E-state index in [9.17, 15) is 9.59 Å². The predicted octanol–water partition coefficient (Wildman–Crippen LogP) is 2.09. The van der Waals surface area contributed by atoms with E-state index < -0.39 is 0 Å². The smallest absolute Gasteiger partial charge is 0.294 e. The first kappa shape index (κ1) is 14.3. The number of benzene rings is 1. The third kappa shape index (κ3) is 3.33. The largest absolute Gasteiger partial charge is 0.351 e. The number of amides is 2. The topological polar surface area (TPSA) is 75.4 Å². The number of hydrogen-bond donors (Lipinski definition) is 1. The second kappa shape index (κ2) is 6.43. The van der Waals surface area contributed by atoms with Gasteiger partial charge in [0.2, 0.25) is 11.7 Å². The molecule has 2 heterocycles. The van der Waals surface area contributed by atoms with E-state index in [2.05, 4.69) is 10.5 Å². The van der Waals surface area contributed by atoms with Crippen LogP contribution in [-0.2, 0) is 11.2 Å². The Hall–Kier alpha value is -2.63. The molecule has 0 spiro atoms. The summed E-state index contributed by atoms with van der Waals surface area (Å²) in [6, 6.07) is 8.76. The van der Waals surface area contributed by atoms with Crippen molar-refractivity contribution < 1.29 is 14.1 Å². The average molecular weight is 299 g/mol. The van der Waals surface area contributed by atoms with Crippen molar-refractivity contribution >= 4 is 17.5 Å². The molecule has 6 heteroatoms. The molecule has 1 fully saturated rings. The molecule has 1 N–H and O–H groups in total. The van der Waals surface area contributed by atoms with Crippen molar-refractivity contribution in [1.29, 1.82) is 0 Å². The molecule has 1 aliphatic heterocycles. The Kier molecular flexibility index (Phi) is 4.18. The molecular formula is C16H17N3O3. The van der Waals surface area contributed by atoms with Crippen molar-refractivity contribution in [3.63, 3.8) is 0 Å². The Balaban J connectivity index is 1.58. The highest BCUT2D eigenvalue weighted by molar-refractivity contribution is 6.02. The number of carbonyl (C=O) groups is 2. The van der Waals surface area contributed by atoms with E-state index in [-0.39, 0.29) is 17.6 Å². The zero-order valence-electron chi connectivity index (χ0n) is 12.1. The van der Waals surface area contributed by atoms with E-state index in [1.807, 2.05) is 17.0 Å². The summed E-state index contributed by atoms with van der Waals surface area (Å²) in [6.45, 7) is 1.73.